The monoisotopic (exact) mass is 1290 g/mol. The van der Waals surface area contributed by atoms with E-state index in [1.807, 2.05) is 24.3 Å². The number of carbonyl (C=O) groups excluding carboxylic acids is 9. The first-order chi connectivity index (χ1) is 43.4. The van der Waals surface area contributed by atoms with Crippen LogP contribution in [0.5, 0.6) is 0 Å². The second-order valence-electron chi connectivity index (χ2n) is 23.9. The Labute approximate surface area is 531 Å². The maximum atomic E-state index is 15.3. The van der Waals surface area contributed by atoms with Crippen molar-refractivity contribution in [2.24, 2.45) is 61.0 Å². The Morgan fingerprint density at radius 2 is 1.29 bits per heavy atom. The zero-order valence-electron chi connectivity index (χ0n) is 51.3. The number of fused-ring (bicyclic) bond motifs is 2. The van der Waals surface area contributed by atoms with Gasteiger partial charge in [-0.05, 0) is 106 Å². The van der Waals surface area contributed by atoms with Crippen molar-refractivity contribution >= 4 is 88.3 Å². The van der Waals surface area contributed by atoms with Crippen molar-refractivity contribution in [2.45, 2.75) is 183 Å². The van der Waals surface area contributed by atoms with E-state index in [2.05, 4.69) is 41.6 Å². The Kier molecular flexibility index (Phi) is 25.2. The maximum absolute atomic E-state index is 15.3. The van der Waals surface area contributed by atoms with Crippen molar-refractivity contribution in [3.63, 3.8) is 0 Å². The van der Waals surface area contributed by atoms with Crippen molar-refractivity contribution in [3.05, 3.63) is 57.8 Å². The number of thiophene rings is 1. The lowest BCUT2D eigenvalue weighted by atomic mass is 9.84. The number of aliphatic hydroxyl groups is 1. The lowest BCUT2D eigenvalue weighted by Gasteiger charge is -2.42. The minimum Gasteiger partial charge on any atom is -0.480 e. The van der Waals surface area contributed by atoms with Gasteiger partial charge in [-0.25, -0.2) is 4.79 Å². The molecule has 3 saturated heterocycles. The predicted octanol–water partition coefficient (Wildman–Crippen LogP) is -4.00. The van der Waals surface area contributed by atoms with Gasteiger partial charge in [0, 0.05) is 69.4 Å². The summed E-state index contributed by atoms with van der Waals surface area (Å²) in [6, 6.07) is -0.0157. The van der Waals surface area contributed by atoms with E-state index in [-0.39, 0.29) is 127 Å². The third-order valence-electron chi connectivity index (χ3n) is 17.4. The minimum atomic E-state index is -1.30. The second kappa shape index (κ2) is 32.9. The molecule has 4 fully saturated rings. The van der Waals surface area contributed by atoms with Gasteiger partial charge >= 0.3 is 5.97 Å². The highest BCUT2D eigenvalue weighted by Gasteiger charge is 2.52. The number of carbonyl (C=O) groups is 10. The fraction of sp³-hybridized carbons (Fsp3) is 0.610. The zero-order chi connectivity index (χ0) is 66.1. The minimum absolute atomic E-state index is 0.0158. The normalized spacial score (nSPS) is 22.5. The SMILES string of the molecule is C[C@H](NC(=O)[C@H](Cc1cccs1)NC(=O)CNC(=O)[C@@H]1C[C@H](O)CN1C(=O)[C@@H]1CCCN1C(=O)[C@H](CCCN=C(N)N)NC(=O)[C@H](N)CCCN=C(N)N)C(=O)N1Cc2ccccc2C[C@@H]1C(=O)N1[C@H](C(=O)N[C@@H](CCCN=C(N)N)C(=O)O)C[C@@H]2CCCC[C@@H]21. The molecule has 0 bridgehead atoms. The highest BCUT2D eigenvalue weighted by Crippen LogP contribution is 2.41. The number of rotatable bonds is 29. The molecule has 5 heterocycles. The molecule has 0 radical (unpaired) electrons. The molecule has 498 valence electrons. The van der Waals surface area contributed by atoms with Crippen molar-refractivity contribution in [3.8, 4) is 0 Å². The molecule has 7 rings (SSSR count). The largest absolute Gasteiger partial charge is 0.480 e. The summed E-state index contributed by atoms with van der Waals surface area (Å²) in [5.41, 5.74) is 40.4. The highest BCUT2D eigenvalue weighted by atomic mass is 32.1. The van der Waals surface area contributed by atoms with E-state index in [0.29, 0.717) is 30.6 Å². The van der Waals surface area contributed by atoms with Crippen LogP contribution in [0.25, 0.3) is 0 Å². The summed E-state index contributed by atoms with van der Waals surface area (Å²) in [6.07, 6.45) is 3.90. The molecule has 0 spiro atoms. The van der Waals surface area contributed by atoms with Crippen LogP contribution in [0.3, 0.4) is 0 Å². The van der Waals surface area contributed by atoms with Crippen molar-refractivity contribution in [2.75, 3.05) is 39.3 Å². The predicted molar refractivity (Wildman–Crippen MR) is 336 cm³/mol. The Morgan fingerprint density at radius 1 is 0.637 bits per heavy atom. The average molecular weight is 1290 g/mol. The number of benzene rings is 1. The molecule has 91 heavy (non-hydrogen) atoms. The Hall–Kier alpha value is -8.65. The molecule has 1 aromatic heterocycles. The lowest BCUT2D eigenvalue weighted by molar-refractivity contribution is -0.153. The van der Waals surface area contributed by atoms with Gasteiger partial charge in [0.05, 0.1) is 18.7 Å². The Balaban J connectivity index is 1.01. The van der Waals surface area contributed by atoms with Crippen LogP contribution in [0, 0.1) is 5.92 Å². The molecule has 0 unspecified atom stereocenters. The summed E-state index contributed by atoms with van der Waals surface area (Å²) >= 11 is 1.32. The number of aliphatic imine (C=N–C) groups is 3. The summed E-state index contributed by atoms with van der Waals surface area (Å²) in [4.78, 5) is 159. The number of aliphatic hydroxyl groups excluding tert-OH is 1. The van der Waals surface area contributed by atoms with Gasteiger partial charge < -0.3 is 96.5 Å². The summed E-state index contributed by atoms with van der Waals surface area (Å²) < 4.78 is 0. The van der Waals surface area contributed by atoms with E-state index in [1.54, 1.807) is 22.4 Å². The number of hydrogen-bond acceptors (Lipinski definition) is 16. The molecule has 21 N–H and O–H groups in total. The number of carboxylic acids is 1. The molecule has 12 atom stereocenters. The fourth-order valence-corrected chi connectivity index (χ4v) is 13.6. The van der Waals surface area contributed by atoms with E-state index < -0.39 is 126 Å². The van der Waals surface area contributed by atoms with Gasteiger partial charge in [0.2, 0.25) is 53.2 Å². The van der Waals surface area contributed by atoms with Crippen LogP contribution in [-0.2, 0) is 67.3 Å². The van der Waals surface area contributed by atoms with E-state index >= 15 is 4.79 Å². The molecule has 1 aromatic carbocycles. The highest BCUT2D eigenvalue weighted by molar-refractivity contribution is 7.09. The van der Waals surface area contributed by atoms with Gasteiger partial charge in [0.1, 0.15) is 48.3 Å². The first kappa shape index (κ1) is 69.8. The van der Waals surface area contributed by atoms with Crippen LogP contribution < -0.4 is 66.7 Å². The topological polar surface area (TPSA) is 503 Å². The Morgan fingerprint density at radius 3 is 1.93 bits per heavy atom. The van der Waals surface area contributed by atoms with Crippen LogP contribution in [0.15, 0.2) is 56.8 Å². The fourth-order valence-electron chi connectivity index (χ4n) is 12.9. The van der Waals surface area contributed by atoms with Crippen molar-refractivity contribution in [1.82, 2.24) is 46.2 Å². The maximum Gasteiger partial charge on any atom is 0.326 e. The molecule has 1 aliphatic carbocycles. The number of guanidine groups is 3. The number of nitrogens with zero attached hydrogens (tertiary/aromatic N) is 7. The molecule has 5 aliphatic rings. The van der Waals surface area contributed by atoms with Gasteiger partial charge in [0.25, 0.3) is 0 Å². The molecule has 9 amide bonds. The van der Waals surface area contributed by atoms with Crippen LogP contribution >= 0.6 is 11.3 Å². The number of nitrogens with one attached hydrogen (secondary N) is 5. The second-order valence-corrected chi connectivity index (χ2v) is 24.9. The van der Waals surface area contributed by atoms with Gasteiger partial charge in [-0.2, -0.15) is 0 Å². The molecular formula is C59H89N19O12S. The zero-order valence-corrected chi connectivity index (χ0v) is 52.1. The summed E-state index contributed by atoms with van der Waals surface area (Å²) in [7, 11) is 0. The summed E-state index contributed by atoms with van der Waals surface area (Å²) in [5.74, 6) is -7.64. The van der Waals surface area contributed by atoms with E-state index in [9.17, 15) is 53.4 Å². The number of likely N-dealkylation sites (tertiary alicyclic amines) is 3. The van der Waals surface area contributed by atoms with Crippen LogP contribution in [0.2, 0.25) is 0 Å². The summed E-state index contributed by atoms with van der Waals surface area (Å²) in [6.45, 7) is 1.16. The van der Waals surface area contributed by atoms with Gasteiger partial charge in [-0.1, -0.05) is 43.2 Å². The molecular weight excluding hydrogens is 1200 g/mol. The smallest absolute Gasteiger partial charge is 0.326 e. The number of β-amino-alcohol motifs (C(OH)–C–C–N with tert-alkyl or cyclic N) is 1. The third kappa shape index (κ3) is 19.0. The third-order valence-corrected chi connectivity index (χ3v) is 18.3. The van der Waals surface area contributed by atoms with Crippen LogP contribution in [0.4, 0.5) is 0 Å². The number of nitrogens with two attached hydrogens (primary N) is 7. The van der Waals surface area contributed by atoms with E-state index in [0.717, 1.165) is 30.4 Å². The van der Waals surface area contributed by atoms with Crippen molar-refractivity contribution in [1.29, 1.82) is 0 Å². The number of amides is 9. The van der Waals surface area contributed by atoms with Gasteiger partial charge in [-0.3, -0.25) is 58.1 Å². The molecule has 2 aromatic rings. The lowest BCUT2D eigenvalue weighted by Crippen LogP contribution is -2.62. The van der Waals surface area contributed by atoms with E-state index in [4.69, 9.17) is 40.1 Å². The first-order valence-electron chi connectivity index (χ1n) is 31.1. The van der Waals surface area contributed by atoms with Crippen LogP contribution in [0.1, 0.15) is 113 Å². The molecule has 32 heteroatoms. The quantitative estimate of drug-likeness (QED) is 0.0210. The average Bonchev–Trinajstić information content (AvgIpc) is 1.73. The summed E-state index contributed by atoms with van der Waals surface area (Å²) in [5, 5.41) is 36.1. The van der Waals surface area contributed by atoms with Crippen LogP contribution in [-0.4, -0.2) is 213 Å². The number of carboxylic acid groups (broad SMARTS) is 1. The Bertz CT molecular complexity index is 3030. The molecule has 4 aliphatic heterocycles. The van der Waals surface area contributed by atoms with Gasteiger partial charge in [0.15, 0.2) is 17.9 Å². The standard InChI is InChI=1S/C59H89N19O12S/c1-32(52(85)76-30-35-13-3-2-11-33(35)25-46(76)55(88)78-42-18-5-4-12-34(42)26-45(78)51(84)74-40(56(89)90)17-8-22-69-59(65)66)71-49(82)41(28-37-14-10-24-91-37)72-47(80)29-70-50(83)44-27-36(79)31-77(44)54(87)43-19-9-23-75(43)53(86)39(16-7-21-68-58(63)64)73-48(81)38(60)15-6-20-67-57(61)62/h2-3,10-11,13-14,24,32,34,36,38-46,79H,4-9,12,15-23,25-31,60H2,1H3,(H,70,83)(H,71,82)(H,72,80)(H,73,81)(H,74,84)(H,89,90)(H4,61,62,67)(H4,63,64,68)(H4,65,66,69)/t32-,34-,36-,38+,39-,40-,41-,42-,43-,44-,45-,46+/m0/s1. The molecule has 31 nitrogen and oxygen atoms in total. The number of aliphatic carboxylic acids is 1. The number of hydrogen-bond donors (Lipinski definition) is 14. The van der Waals surface area contributed by atoms with Gasteiger partial charge in [-0.15, -0.1) is 11.3 Å². The first-order valence-corrected chi connectivity index (χ1v) is 31.9. The molecule has 1 saturated carbocycles. The van der Waals surface area contributed by atoms with Crippen molar-refractivity contribution < 1.29 is 58.2 Å². The van der Waals surface area contributed by atoms with E-state index in [1.165, 1.54) is 33.0 Å².